The Bertz CT molecular complexity index is 884. The molecule has 32 heavy (non-hydrogen) atoms. The van der Waals surface area contributed by atoms with Gasteiger partial charge in [-0.05, 0) is 42.4 Å². The fraction of sp³-hybridized carbons (Fsp3) is 0.577. The third-order valence-corrected chi connectivity index (χ3v) is 6.40. The van der Waals surface area contributed by atoms with Gasteiger partial charge in [0.2, 0.25) is 5.89 Å². The normalized spacial score (nSPS) is 14.4. The molecule has 2 N–H and O–H groups in total. The van der Waals surface area contributed by atoms with E-state index in [9.17, 15) is 9.59 Å². The van der Waals surface area contributed by atoms with Gasteiger partial charge in [0.05, 0.1) is 0 Å². The van der Waals surface area contributed by atoms with Crippen molar-refractivity contribution >= 4 is 11.9 Å². The molecule has 0 radical (unpaired) electrons. The molecule has 0 aliphatic heterocycles. The van der Waals surface area contributed by atoms with Crippen LogP contribution in [0.2, 0.25) is 0 Å². The molecule has 174 valence electrons. The van der Waals surface area contributed by atoms with Crippen molar-refractivity contribution in [3.8, 4) is 11.5 Å². The number of unbranched alkanes of at least 4 members (excludes halogenated alkanes) is 1. The van der Waals surface area contributed by atoms with Crippen molar-refractivity contribution in [1.82, 2.24) is 10.3 Å². The highest BCUT2D eigenvalue weighted by atomic mass is 16.4. The van der Waals surface area contributed by atoms with Crippen LogP contribution in [0.5, 0.6) is 0 Å². The Labute approximate surface area is 190 Å². The van der Waals surface area contributed by atoms with E-state index in [-0.39, 0.29) is 18.0 Å². The Hall–Kier alpha value is -2.63. The molecule has 1 aromatic heterocycles. The molecule has 2 aromatic rings. The van der Waals surface area contributed by atoms with Gasteiger partial charge in [0.1, 0.15) is 6.26 Å². The number of aliphatic carboxylic acids is 1. The van der Waals surface area contributed by atoms with Gasteiger partial charge in [0.15, 0.2) is 5.69 Å². The number of oxazole rings is 1. The molecule has 6 nitrogen and oxygen atoms in total. The van der Waals surface area contributed by atoms with Crippen LogP contribution >= 0.6 is 0 Å². The maximum atomic E-state index is 12.5. The predicted octanol–water partition coefficient (Wildman–Crippen LogP) is 5.79. The van der Waals surface area contributed by atoms with Crippen molar-refractivity contribution < 1.29 is 19.1 Å². The highest BCUT2D eigenvalue weighted by Gasteiger charge is 2.18. The van der Waals surface area contributed by atoms with E-state index in [4.69, 9.17) is 9.52 Å². The van der Waals surface area contributed by atoms with Crippen molar-refractivity contribution in [2.75, 3.05) is 6.54 Å². The summed E-state index contributed by atoms with van der Waals surface area (Å²) in [5, 5.41) is 12.0. The summed E-state index contributed by atoms with van der Waals surface area (Å²) in [5.41, 5.74) is 3.16. The average molecular weight is 441 g/mol. The van der Waals surface area contributed by atoms with Crippen LogP contribution < -0.4 is 5.32 Å². The number of aromatic nitrogens is 1. The molecule has 6 heteroatoms. The zero-order valence-electron chi connectivity index (χ0n) is 19.2. The van der Waals surface area contributed by atoms with Gasteiger partial charge in [0.25, 0.3) is 5.91 Å². The van der Waals surface area contributed by atoms with Crippen LogP contribution in [0.15, 0.2) is 28.9 Å². The van der Waals surface area contributed by atoms with E-state index in [0.29, 0.717) is 18.9 Å². The molecule has 0 atom stereocenters. The van der Waals surface area contributed by atoms with Crippen LogP contribution in [0.3, 0.4) is 0 Å². The number of benzene rings is 1. The zero-order valence-corrected chi connectivity index (χ0v) is 19.2. The number of aryl methyl sites for hydroxylation is 1. The van der Waals surface area contributed by atoms with E-state index in [1.807, 2.05) is 18.2 Å². The number of carboxylic acid groups (broad SMARTS) is 1. The number of nitrogens with zero attached hydrogens (tertiary/aromatic N) is 1. The number of carbonyl (C=O) groups excluding carboxylic acids is 1. The first-order valence-corrected chi connectivity index (χ1v) is 12.1. The number of hydrogen-bond donors (Lipinski definition) is 2. The molecular formula is C26H36N2O4. The van der Waals surface area contributed by atoms with Crippen molar-refractivity contribution in [2.45, 2.75) is 84.0 Å². The first kappa shape index (κ1) is 24.0. The van der Waals surface area contributed by atoms with E-state index in [0.717, 1.165) is 48.3 Å². The largest absolute Gasteiger partial charge is 0.481 e. The fourth-order valence-electron chi connectivity index (χ4n) is 4.68. The summed E-state index contributed by atoms with van der Waals surface area (Å²) < 4.78 is 5.66. The molecule has 1 fully saturated rings. The van der Waals surface area contributed by atoms with Gasteiger partial charge < -0.3 is 14.8 Å². The van der Waals surface area contributed by atoms with E-state index in [1.165, 1.54) is 44.8 Å². The summed E-state index contributed by atoms with van der Waals surface area (Å²) in [4.78, 5) is 28.0. The monoisotopic (exact) mass is 440 g/mol. The minimum Gasteiger partial charge on any atom is -0.481 e. The fourth-order valence-corrected chi connectivity index (χ4v) is 4.68. The first-order chi connectivity index (χ1) is 15.6. The van der Waals surface area contributed by atoms with E-state index >= 15 is 0 Å². The van der Waals surface area contributed by atoms with Crippen LogP contribution in [-0.2, 0) is 17.6 Å². The lowest BCUT2D eigenvalue weighted by Crippen LogP contribution is -2.24. The van der Waals surface area contributed by atoms with Gasteiger partial charge in [0, 0.05) is 18.5 Å². The summed E-state index contributed by atoms with van der Waals surface area (Å²) in [6.45, 7) is 2.74. The van der Waals surface area contributed by atoms with Gasteiger partial charge in [-0.25, -0.2) is 4.98 Å². The van der Waals surface area contributed by atoms with Crippen LogP contribution in [0.1, 0.15) is 92.7 Å². The van der Waals surface area contributed by atoms with Crippen LogP contribution in [0.4, 0.5) is 0 Å². The Morgan fingerprint density at radius 3 is 2.72 bits per heavy atom. The van der Waals surface area contributed by atoms with E-state index in [1.54, 1.807) is 0 Å². The second-order valence-electron chi connectivity index (χ2n) is 8.88. The Kier molecular flexibility index (Phi) is 9.32. The molecule has 1 heterocycles. The zero-order chi connectivity index (χ0) is 22.8. The predicted molar refractivity (Wildman–Crippen MR) is 125 cm³/mol. The van der Waals surface area contributed by atoms with E-state index < -0.39 is 5.97 Å². The minimum atomic E-state index is -0.813. The second kappa shape index (κ2) is 12.4. The van der Waals surface area contributed by atoms with Gasteiger partial charge in [-0.2, -0.15) is 0 Å². The topological polar surface area (TPSA) is 92.4 Å². The Balaban J connectivity index is 1.56. The quantitative estimate of drug-likeness (QED) is 0.407. The minimum absolute atomic E-state index is 0.0835. The van der Waals surface area contributed by atoms with Crippen molar-refractivity contribution in [2.24, 2.45) is 5.92 Å². The molecule has 0 saturated heterocycles. The van der Waals surface area contributed by atoms with Gasteiger partial charge in [-0.1, -0.05) is 70.4 Å². The summed E-state index contributed by atoms with van der Waals surface area (Å²) in [6, 6.07) is 5.78. The van der Waals surface area contributed by atoms with Crippen LogP contribution in [-0.4, -0.2) is 28.5 Å². The van der Waals surface area contributed by atoms with Gasteiger partial charge in [-0.3, -0.25) is 9.59 Å². The molecule has 1 saturated carbocycles. The third kappa shape index (κ3) is 6.94. The lowest BCUT2D eigenvalue weighted by molar-refractivity contribution is -0.136. The summed E-state index contributed by atoms with van der Waals surface area (Å²) in [7, 11) is 0. The second-order valence-corrected chi connectivity index (χ2v) is 8.88. The van der Waals surface area contributed by atoms with Crippen molar-refractivity contribution in [3.05, 3.63) is 41.3 Å². The molecule has 1 aromatic carbocycles. The lowest BCUT2D eigenvalue weighted by Gasteiger charge is -2.21. The molecule has 1 amide bonds. The molecule has 0 spiro atoms. The average Bonchev–Trinajstić information content (AvgIpc) is 3.29. The lowest BCUT2D eigenvalue weighted by atomic mass is 9.86. The van der Waals surface area contributed by atoms with Crippen molar-refractivity contribution in [1.29, 1.82) is 0 Å². The highest BCUT2D eigenvalue weighted by molar-refractivity contribution is 5.92. The van der Waals surface area contributed by atoms with Crippen LogP contribution in [0.25, 0.3) is 11.5 Å². The summed E-state index contributed by atoms with van der Waals surface area (Å²) in [5.74, 6) is 0.262. The van der Waals surface area contributed by atoms with E-state index in [2.05, 4.69) is 17.2 Å². The van der Waals surface area contributed by atoms with Crippen LogP contribution in [0, 0.1) is 5.92 Å². The summed E-state index contributed by atoms with van der Waals surface area (Å²) >= 11 is 0. The number of carbonyl (C=O) groups is 2. The van der Waals surface area contributed by atoms with Gasteiger partial charge in [-0.15, -0.1) is 0 Å². The molecule has 1 aliphatic carbocycles. The maximum absolute atomic E-state index is 12.5. The molecule has 0 bridgehead atoms. The standard InChI is InChI=1S/C26H36N2O4/c1-2-9-21-20(15-16-24(29)30)13-8-14-22(21)26-28-23(18-32-26)25(31)27-17-7-6-12-19-10-4-3-5-11-19/h8,13-14,18-19H,2-7,9-12,15-17H2,1H3,(H,27,31)(H,29,30). The number of hydrogen-bond acceptors (Lipinski definition) is 4. The number of nitrogens with one attached hydrogen (secondary N) is 1. The number of carboxylic acids is 1. The van der Waals surface area contributed by atoms with Gasteiger partial charge >= 0.3 is 5.97 Å². The highest BCUT2D eigenvalue weighted by Crippen LogP contribution is 2.29. The SMILES string of the molecule is CCCc1c(CCC(=O)O)cccc1-c1nc(C(=O)NCCCCC2CCCCC2)co1. The number of rotatable bonds is 12. The Morgan fingerprint density at radius 1 is 1.16 bits per heavy atom. The molecule has 0 unspecified atom stereocenters. The smallest absolute Gasteiger partial charge is 0.303 e. The molecule has 3 rings (SSSR count). The summed E-state index contributed by atoms with van der Waals surface area (Å²) in [6.07, 6.45) is 14.0. The first-order valence-electron chi connectivity index (χ1n) is 12.1. The third-order valence-electron chi connectivity index (χ3n) is 6.40. The molecular weight excluding hydrogens is 404 g/mol. The number of amides is 1. The Morgan fingerprint density at radius 2 is 1.97 bits per heavy atom. The molecule has 1 aliphatic rings. The van der Waals surface area contributed by atoms with Crippen molar-refractivity contribution in [3.63, 3.8) is 0 Å². The maximum Gasteiger partial charge on any atom is 0.303 e.